The average molecular weight is 459 g/mol. The van der Waals surface area contributed by atoms with Gasteiger partial charge in [0.1, 0.15) is 10.6 Å². The molecule has 2 atom stereocenters. The fourth-order valence-electron chi connectivity index (χ4n) is 4.11. The van der Waals surface area contributed by atoms with Crippen molar-refractivity contribution >= 4 is 10.1 Å². The molecule has 0 radical (unpaired) electrons. The van der Waals surface area contributed by atoms with Gasteiger partial charge in [0, 0.05) is 17.4 Å². The molecule has 4 nitrogen and oxygen atoms in total. The molecule has 0 fully saturated rings. The first-order valence-electron chi connectivity index (χ1n) is 10.8. The van der Waals surface area contributed by atoms with E-state index in [9.17, 15) is 18.1 Å². The van der Waals surface area contributed by atoms with E-state index in [1.807, 2.05) is 55.5 Å². The molecule has 0 saturated carbocycles. The molecular weight excluding hydrogens is 432 g/mol. The molecule has 4 rings (SSSR count). The summed E-state index contributed by atoms with van der Waals surface area (Å²) in [6.45, 7) is 4.14. The van der Waals surface area contributed by atoms with Gasteiger partial charge in [0.15, 0.2) is 0 Å². The normalized spacial score (nSPS) is 13.4. The highest BCUT2D eigenvalue weighted by Gasteiger charge is 2.23. The van der Waals surface area contributed by atoms with Gasteiger partial charge in [0.05, 0.1) is 0 Å². The number of phenols is 1. The second-order valence-electron chi connectivity index (χ2n) is 8.28. The lowest BCUT2D eigenvalue weighted by atomic mass is 9.87. The molecule has 0 aliphatic heterocycles. The van der Waals surface area contributed by atoms with Gasteiger partial charge in [-0.25, -0.2) is 0 Å². The molecule has 0 bridgehead atoms. The number of benzene rings is 4. The minimum atomic E-state index is -4.60. The van der Waals surface area contributed by atoms with Crippen molar-refractivity contribution in [3.63, 3.8) is 0 Å². The Morgan fingerprint density at radius 2 is 1.09 bits per heavy atom. The molecule has 2 N–H and O–H groups in total. The summed E-state index contributed by atoms with van der Waals surface area (Å²) in [7, 11) is -4.60. The molecule has 2 unspecified atom stereocenters. The summed E-state index contributed by atoms with van der Waals surface area (Å²) in [6.07, 6.45) is 0. The summed E-state index contributed by atoms with van der Waals surface area (Å²) in [5.74, 6) is -0.360. The van der Waals surface area contributed by atoms with Gasteiger partial charge in [-0.15, -0.1) is 0 Å². The first kappa shape index (κ1) is 22.8. The maximum Gasteiger partial charge on any atom is 0.298 e. The molecule has 5 heteroatoms. The topological polar surface area (TPSA) is 74.6 Å². The Morgan fingerprint density at radius 1 is 0.636 bits per heavy atom. The van der Waals surface area contributed by atoms with E-state index in [-0.39, 0.29) is 11.8 Å². The van der Waals surface area contributed by atoms with Crippen LogP contribution in [0.5, 0.6) is 5.75 Å². The third-order valence-corrected chi connectivity index (χ3v) is 7.06. The van der Waals surface area contributed by atoms with Crippen molar-refractivity contribution in [2.75, 3.05) is 0 Å². The van der Waals surface area contributed by atoms with Crippen LogP contribution in [0.3, 0.4) is 0 Å². The predicted molar refractivity (Wildman–Crippen MR) is 131 cm³/mol. The van der Waals surface area contributed by atoms with Gasteiger partial charge in [0.25, 0.3) is 10.1 Å². The minimum Gasteiger partial charge on any atom is -0.506 e. The molecule has 0 heterocycles. The Hall–Kier alpha value is -3.41. The first-order valence-corrected chi connectivity index (χ1v) is 12.2. The average Bonchev–Trinajstić information content (AvgIpc) is 2.84. The highest BCUT2D eigenvalue weighted by Crippen LogP contribution is 2.39. The second-order valence-corrected chi connectivity index (χ2v) is 9.67. The lowest BCUT2D eigenvalue weighted by molar-refractivity contribution is 0.444. The van der Waals surface area contributed by atoms with Gasteiger partial charge >= 0.3 is 0 Å². The number of aromatic hydroxyl groups is 1. The van der Waals surface area contributed by atoms with Crippen LogP contribution in [0, 0.1) is 0 Å². The van der Waals surface area contributed by atoms with E-state index in [4.69, 9.17) is 0 Å². The Balaban J connectivity index is 1.73. The lowest BCUT2D eigenvalue weighted by Crippen LogP contribution is -2.04. The number of rotatable bonds is 6. The van der Waals surface area contributed by atoms with Crippen LogP contribution in [0.1, 0.15) is 47.9 Å². The van der Waals surface area contributed by atoms with Crippen LogP contribution in [0.15, 0.2) is 102 Å². The Morgan fingerprint density at radius 3 is 1.61 bits per heavy atom. The quantitative estimate of drug-likeness (QED) is 0.319. The molecule has 4 aromatic carbocycles. The monoisotopic (exact) mass is 458 g/mol. The van der Waals surface area contributed by atoms with Gasteiger partial charge in [-0.2, -0.15) is 8.42 Å². The third kappa shape index (κ3) is 4.85. The molecule has 0 aliphatic carbocycles. The van der Waals surface area contributed by atoms with Crippen molar-refractivity contribution in [3.05, 3.63) is 119 Å². The summed E-state index contributed by atoms with van der Waals surface area (Å²) in [4.78, 5) is -0.486. The van der Waals surface area contributed by atoms with Gasteiger partial charge in [0.2, 0.25) is 0 Å². The van der Waals surface area contributed by atoms with Crippen molar-refractivity contribution in [1.82, 2.24) is 0 Å². The van der Waals surface area contributed by atoms with E-state index in [1.54, 1.807) is 18.2 Å². The van der Waals surface area contributed by atoms with Crippen LogP contribution < -0.4 is 0 Å². The molecule has 0 spiro atoms. The largest absolute Gasteiger partial charge is 0.506 e. The fraction of sp³-hybridized carbons (Fsp3) is 0.143. The SMILES string of the molecule is CC(c1ccccc1)c1ccc(C(C)c2cc(-c3ccccc3)c(O)c(S(=O)(=O)O)c2)cc1. The van der Waals surface area contributed by atoms with Crippen molar-refractivity contribution in [3.8, 4) is 16.9 Å². The van der Waals surface area contributed by atoms with E-state index in [0.717, 1.165) is 5.56 Å². The molecule has 0 aromatic heterocycles. The van der Waals surface area contributed by atoms with Crippen molar-refractivity contribution in [2.45, 2.75) is 30.6 Å². The van der Waals surface area contributed by atoms with E-state index in [2.05, 4.69) is 31.2 Å². The Kier molecular flexibility index (Phi) is 6.36. The molecule has 4 aromatic rings. The van der Waals surface area contributed by atoms with Crippen LogP contribution in [0.25, 0.3) is 11.1 Å². The summed E-state index contributed by atoms with van der Waals surface area (Å²) in [6, 6.07) is 30.7. The summed E-state index contributed by atoms with van der Waals surface area (Å²) >= 11 is 0. The maximum absolute atomic E-state index is 12.0. The predicted octanol–water partition coefficient (Wildman–Crippen LogP) is 6.61. The fourth-order valence-corrected chi connectivity index (χ4v) is 4.75. The lowest BCUT2D eigenvalue weighted by Gasteiger charge is -2.18. The summed E-state index contributed by atoms with van der Waals surface area (Å²) in [5, 5.41) is 10.6. The molecule has 0 aliphatic rings. The number of hydrogen-bond acceptors (Lipinski definition) is 3. The second kappa shape index (κ2) is 9.22. The zero-order valence-electron chi connectivity index (χ0n) is 18.5. The highest BCUT2D eigenvalue weighted by molar-refractivity contribution is 7.86. The zero-order valence-corrected chi connectivity index (χ0v) is 19.3. The van der Waals surface area contributed by atoms with Gasteiger partial charge in [-0.1, -0.05) is 98.8 Å². The zero-order chi connectivity index (χ0) is 23.6. The van der Waals surface area contributed by atoms with Gasteiger partial charge < -0.3 is 5.11 Å². The maximum atomic E-state index is 12.0. The van der Waals surface area contributed by atoms with Gasteiger partial charge in [-0.3, -0.25) is 4.55 Å². The molecule has 0 saturated heterocycles. The van der Waals surface area contributed by atoms with Crippen LogP contribution in [0.4, 0.5) is 0 Å². The standard InChI is InChI=1S/C28H26O4S/c1-19(21-9-5-3-6-10-21)22-13-15-23(16-14-22)20(2)25-17-26(24-11-7-4-8-12-24)28(29)27(18-25)33(30,31)32/h3-20,29H,1-2H3,(H,30,31,32). The van der Waals surface area contributed by atoms with Crippen LogP contribution in [-0.2, 0) is 10.1 Å². The van der Waals surface area contributed by atoms with Crippen molar-refractivity contribution < 1.29 is 18.1 Å². The van der Waals surface area contributed by atoms with Gasteiger partial charge in [-0.05, 0) is 39.9 Å². The van der Waals surface area contributed by atoms with E-state index in [0.29, 0.717) is 16.7 Å². The molecule has 0 amide bonds. The summed E-state index contributed by atoms with van der Waals surface area (Å²) in [5.41, 5.74) is 5.14. The van der Waals surface area contributed by atoms with Crippen LogP contribution in [0.2, 0.25) is 0 Å². The molecule has 168 valence electrons. The van der Waals surface area contributed by atoms with E-state index < -0.39 is 20.8 Å². The minimum absolute atomic E-state index is 0.158. The smallest absolute Gasteiger partial charge is 0.298 e. The number of phenolic OH excluding ortho intramolecular Hbond substituents is 1. The van der Waals surface area contributed by atoms with Crippen LogP contribution >= 0.6 is 0 Å². The van der Waals surface area contributed by atoms with Crippen LogP contribution in [-0.4, -0.2) is 18.1 Å². The van der Waals surface area contributed by atoms with E-state index in [1.165, 1.54) is 17.2 Å². The third-order valence-electron chi connectivity index (χ3n) is 6.20. The number of hydrogen-bond donors (Lipinski definition) is 2. The van der Waals surface area contributed by atoms with E-state index >= 15 is 0 Å². The first-order chi connectivity index (χ1) is 15.8. The Bertz CT molecular complexity index is 1350. The Labute approximate surface area is 194 Å². The summed E-state index contributed by atoms with van der Waals surface area (Å²) < 4.78 is 33.7. The van der Waals surface area contributed by atoms with Crippen molar-refractivity contribution in [2.24, 2.45) is 0 Å². The van der Waals surface area contributed by atoms with Crippen molar-refractivity contribution in [1.29, 1.82) is 0 Å². The highest BCUT2D eigenvalue weighted by atomic mass is 32.2. The molecule has 33 heavy (non-hydrogen) atoms. The molecular formula is C28H26O4S.